The molecular formula is C20H28N2. The molecule has 0 radical (unpaired) electrons. The highest BCUT2D eigenvalue weighted by Crippen LogP contribution is 2.27. The van der Waals surface area contributed by atoms with Gasteiger partial charge in [0.25, 0.3) is 0 Å². The zero-order valence-electron chi connectivity index (χ0n) is 14.6. The molecule has 2 rings (SSSR count). The van der Waals surface area contributed by atoms with Crippen molar-refractivity contribution < 1.29 is 0 Å². The Morgan fingerprint density at radius 2 is 1.50 bits per heavy atom. The molecule has 0 aliphatic rings. The molecule has 22 heavy (non-hydrogen) atoms. The van der Waals surface area contributed by atoms with Crippen molar-refractivity contribution in [3.63, 3.8) is 0 Å². The number of nitrogens with zero attached hydrogens (tertiary/aromatic N) is 2. The minimum atomic E-state index is 0.205. The Labute approximate surface area is 135 Å². The minimum absolute atomic E-state index is 0.205. The third-order valence-corrected chi connectivity index (χ3v) is 3.69. The van der Waals surface area contributed by atoms with E-state index in [0.29, 0.717) is 0 Å². The van der Waals surface area contributed by atoms with Gasteiger partial charge in [-0.2, -0.15) is 0 Å². The van der Waals surface area contributed by atoms with Gasteiger partial charge >= 0.3 is 0 Å². The van der Waals surface area contributed by atoms with Gasteiger partial charge in [0.2, 0.25) is 0 Å². The summed E-state index contributed by atoms with van der Waals surface area (Å²) in [6, 6.07) is 8.58. The molecule has 0 saturated heterocycles. The van der Waals surface area contributed by atoms with Crippen molar-refractivity contribution in [2.75, 3.05) is 0 Å². The van der Waals surface area contributed by atoms with E-state index in [1.165, 1.54) is 16.8 Å². The van der Waals surface area contributed by atoms with E-state index >= 15 is 0 Å². The van der Waals surface area contributed by atoms with Crippen LogP contribution in [-0.4, -0.2) is 9.97 Å². The zero-order valence-corrected chi connectivity index (χ0v) is 14.6. The van der Waals surface area contributed by atoms with Crippen LogP contribution in [0.15, 0.2) is 42.9 Å². The first kappa shape index (κ1) is 16.7. The largest absolute Gasteiger partial charge is 0.264 e. The molecule has 0 fully saturated rings. The summed E-state index contributed by atoms with van der Waals surface area (Å²) in [6.45, 7) is 11.4. The van der Waals surface area contributed by atoms with Gasteiger partial charge in [-0.05, 0) is 53.4 Å². The molecule has 0 atom stereocenters. The molecule has 0 amide bonds. The summed E-state index contributed by atoms with van der Waals surface area (Å²) >= 11 is 0. The van der Waals surface area contributed by atoms with Crippen LogP contribution in [0.1, 0.15) is 51.4 Å². The SMILES string of the molecule is CC(C)(C)Cc1ccc(CC(C)(C)Cc2cccnc2)cn1. The molecule has 2 heteroatoms. The molecular weight excluding hydrogens is 268 g/mol. The van der Waals surface area contributed by atoms with E-state index < -0.39 is 0 Å². The molecule has 2 nitrogen and oxygen atoms in total. The van der Waals surface area contributed by atoms with Gasteiger partial charge in [-0.15, -0.1) is 0 Å². The second kappa shape index (κ2) is 6.60. The topological polar surface area (TPSA) is 25.8 Å². The average Bonchev–Trinajstić information content (AvgIpc) is 2.39. The average molecular weight is 296 g/mol. The molecule has 0 N–H and O–H groups in total. The maximum absolute atomic E-state index is 4.64. The summed E-state index contributed by atoms with van der Waals surface area (Å²) in [5.74, 6) is 0. The number of hydrogen-bond donors (Lipinski definition) is 0. The summed E-state index contributed by atoms with van der Waals surface area (Å²) < 4.78 is 0. The Balaban J connectivity index is 2.00. The van der Waals surface area contributed by atoms with Crippen LogP contribution < -0.4 is 0 Å². The number of pyridine rings is 2. The highest BCUT2D eigenvalue weighted by molar-refractivity contribution is 5.18. The zero-order chi connectivity index (χ0) is 16.2. The van der Waals surface area contributed by atoms with E-state index in [2.05, 4.69) is 62.8 Å². The molecule has 0 spiro atoms. The van der Waals surface area contributed by atoms with E-state index in [9.17, 15) is 0 Å². The molecule has 0 aliphatic heterocycles. The molecule has 118 valence electrons. The summed E-state index contributed by atoms with van der Waals surface area (Å²) in [5.41, 5.74) is 4.28. The van der Waals surface area contributed by atoms with Crippen molar-refractivity contribution >= 4 is 0 Å². The van der Waals surface area contributed by atoms with Gasteiger partial charge < -0.3 is 0 Å². The maximum atomic E-state index is 4.64. The first-order chi connectivity index (χ1) is 10.2. The fourth-order valence-electron chi connectivity index (χ4n) is 2.88. The van der Waals surface area contributed by atoms with E-state index in [0.717, 1.165) is 19.3 Å². The van der Waals surface area contributed by atoms with Crippen molar-refractivity contribution in [1.82, 2.24) is 9.97 Å². The van der Waals surface area contributed by atoms with Crippen molar-refractivity contribution in [2.45, 2.75) is 53.9 Å². The van der Waals surface area contributed by atoms with Crippen LogP contribution in [0.3, 0.4) is 0 Å². The summed E-state index contributed by atoms with van der Waals surface area (Å²) in [6.07, 6.45) is 8.93. The van der Waals surface area contributed by atoms with Gasteiger partial charge in [0, 0.05) is 24.3 Å². The highest BCUT2D eigenvalue weighted by Gasteiger charge is 2.20. The van der Waals surface area contributed by atoms with Crippen LogP contribution in [0.2, 0.25) is 0 Å². The van der Waals surface area contributed by atoms with Crippen molar-refractivity contribution in [3.05, 3.63) is 59.7 Å². The Bertz CT molecular complexity index is 577. The van der Waals surface area contributed by atoms with Gasteiger partial charge in [0.1, 0.15) is 0 Å². The lowest BCUT2D eigenvalue weighted by atomic mass is 9.81. The van der Waals surface area contributed by atoms with Crippen LogP contribution >= 0.6 is 0 Å². The smallest absolute Gasteiger partial charge is 0.0409 e. The second-order valence-electron chi connectivity index (χ2n) is 8.27. The maximum Gasteiger partial charge on any atom is 0.0409 e. The van der Waals surface area contributed by atoms with Crippen LogP contribution in [-0.2, 0) is 19.3 Å². The van der Waals surface area contributed by atoms with E-state index in [1.54, 1.807) is 0 Å². The highest BCUT2D eigenvalue weighted by atomic mass is 14.7. The number of rotatable bonds is 5. The van der Waals surface area contributed by atoms with Gasteiger partial charge in [-0.3, -0.25) is 9.97 Å². The third-order valence-electron chi connectivity index (χ3n) is 3.69. The van der Waals surface area contributed by atoms with E-state index in [-0.39, 0.29) is 10.8 Å². The minimum Gasteiger partial charge on any atom is -0.264 e. The summed E-state index contributed by atoms with van der Waals surface area (Å²) in [5, 5.41) is 0. The molecule has 2 heterocycles. The number of hydrogen-bond acceptors (Lipinski definition) is 2. The Kier molecular flexibility index (Phi) is 5.00. The third kappa shape index (κ3) is 5.59. The van der Waals surface area contributed by atoms with Crippen molar-refractivity contribution in [1.29, 1.82) is 0 Å². The second-order valence-corrected chi connectivity index (χ2v) is 8.27. The van der Waals surface area contributed by atoms with Crippen LogP contribution in [0.4, 0.5) is 0 Å². The Hall–Kier alpha value is -1.70. The molecule has 0 aromatic carbocycles. The lowest BCUT2D eigenvalue weighted by Gasteiger charge is -2.25. The van der Waals surface area contributed by atoms with Gasteiger partial charge in [-0.25, -0.2) is 0 Å². The lowest BCUT2D eigenvalue weighted by Crippen LogP contribution is -2.19. The quantitative estimate of drug-likeness (QED) is 0.786. The fourth-order valence-corrected chi connectivity index (χ4v) is 2.88. The molecule has 2 aromatic rings. The molecule has 0 aliphatic carbocycles. The lowest BCUT2D eigenvalue weighted by molar-refractivity contribution is 0.359. The van der Waals surface area contributed by atoms with Crippen LogP contribution in [0, 0.1) is 10.8 Å². The van der Waals surface area contributed by atoms with Crippen molar-refractivity contribution in [3.8, 4) is 0 Å². The molecule has 2 aromatic heterocycles. The molecule has 0 bridgehead atoms. The predicted octanol–water partition coefficient (Wildman–Crippen LogP) is 4.88. The monoisotopic (exact) mass is 296 g/mol. The van der Waals surface area contributed by atoms with Crippen LogP contribution in [0.25, 0.3) is 0 Å². The predicted molar refractivity (Wildman–Crippen MR) is 92.8 cm³/mol. The Morgan fingerprint density at radius 3 is 2.00 bits per heavy atom. The van der Waals surface area contributed by atoms with Gasteiger partial charge in [-0.1, -0.05) is 46.8 Å². The standard InChI is InChI=1S/C20H28N2/c1-19(2,3)13-18-9-8-17(15-22-18)12-20(4,5)11-16-7-6-10-21-14-16/h6-10,14-15H,11-13H2,1-5H3. The molecule has 0 unspecified atom stereocenters. The normalized spacial score (nSPS) is 12.4. The summed E-state index contributed by atoms with van der Waals surface area (Å²) in [7, 11) is 0. The van der Waals surface area contributed by atoms with Gasteiger partial charge in [0.15, 0.2) is 0 Å². The first-order valence-electron chi connectivity index (χ1n) is 8.06. The van der Waals surface area contributed by atoms with E-state index in [1.807, 2.05) is 24.7 Å². The van der Waals surface area contributed by atoms with E-state index in [4.69, 9.17) is 0 Å². The Morgan fingerprint density at radius 1 is 0.818 bits per heavy atom. The molecule has 0 saturated carbocycles. The van der Waals surface area contributed by atoms with Crippen LogP contribution in [0.5, 0.6) is 0 Å². The fraction of sp³-hybridized carbons (Fsp3) is 0.500. The summed E-state index contributed by atoms with van der Waals surface area (Å²) in [4.78, 5) is 8.85. The number of aromatic nitrogens is 2. The van der Waals surface area contributed by atoms with Crippen molar-refractivity contribution in [2.24, 2.45) is 10.8 Å². The first-order valence-corrected chi connectivity index (χ1v) is 8.06. The van der Waals surface area contributed by atoms with Gasteiger partial charge in [0.05, 0.1) is 0 Å².